The van der Waals surface area contributed by atoms with Gasteiger partial charge in [-0.25, -0.2) is 0 Å². The van der Waals surface area contributed by atoms with Crippen LogP contribution in [0.1, 0.15) is 27.2 Å². The minimum Gasteiger partial charge on any atom is -0.350 e. The number of hydrogen-bond donors (Lipinski definition) is 0. The number of nitrogens with zero attached hydrogens (tertiary/aromatic N) is 1. The van der Waals surface area contributed by atoms with E-state index in [0.29, 0.717) is 0 Å². The highest BCUT2D eigenvalue weighted by molar-refractivity contribution is 8.00. The summed E-state index contributed by atoms with van der Waals surface area (Å²) in [6, 6.07) is 0. The minimum atomic E-state index is -0.0734. The second kappa shape index (κ2) is 5.79. The fourth-order valence-corrected chi connectivity index (χ4v) is 3.15. The van der Waals surface area contributed by atoms with E-state index in [0.717, 1.165) is 31.9 Å². The summed E-state index contributed by atoms with van der Waals surface area (Å²) in [6.45, 7) is 9.46. The molecule has 0 aliphatic carbocycles. The highest BCUT2D eigenvalue weighted by Gasteiger charge is 2.39. The highest BCUT2D eigenvalue weighted by atomic mass is 32.2. The maximum atomic E-state index is 5.92. The van der Waals surface area contributed by atoms with Crippen molar-refractivity contribution in [3.63, 3.8) is 0 Å². The summed E-state index contributed by atoms with van der Waals surface area (Å²) in [7, 11) is 0. The molecule has 1 rings (SSSR count). The fraction of sp³-hybridized carbons (Fsp3) is 0.818. The van der Waals surface area contributed by atoms with Gasteiger partial charge in [-0.3, -0.25) is 4.90 Å². The smallest absolute Gasteiger partial charge is 0.173 e. The first-order valence-corrected chi connectivity index (χ1v) is 6.41. The van der Waals surface area contributed by atoms with E-state index in [1.807, 2.05) is 11.8 Å². The van der Waals surface area contributed by atoms with Crippen LogP contribution in [0.4, 0.5) is 0 Å². The van der Waals surface area contributed by atoms with Gasteiger partial charge in [0, 0.05) is 12.2 Å². The van der Waals surface area contributed by atoms with Crippen molar-refractivity contribution in [2.24, 2.45) is 0 Å². The van der Waals surface area contributed by atoms with Crippen LogP contribution in [-0.4, -0.2) is 35.4 Å². The van der Waals surface area contributed by atoms with Gasteiger partial charge >= 0.3 is 0 Å². The van der Waals surface area contributed by atoms with E-state index < -0.39 is 0 Å². The van der Waals surface area contributed by atoms with E-state index in [9.17, 15) is 0 Å². The van der Waals surface area contributed by atoms with Crippen LogP contribution in [0.5, 0.6) is 0 Å². The van der Waals surface area contributed by atoms with Gasteiger partial charge in [0.25, 0.3) is 0 Å². The molecular formula is C11H21NOS. The molecule has 1 fully saturated rings. The first-order chi connectivity index (χ1) is 6.79. The summed E-state index contributed by atoms with van der Waals surface area (Å²) in [5.74, 6) is 1.12. The van der Waals surface area contributed by atoms with Crippen LogP contribution in [0, 0.1) is 0 Å². The standard InChI is InChI=1S/C11H21NOS/c1-4-7-8-11(12(5-2)6-3)13-9-10-14-11/h4,7H,5-6,8-10H2,1-3H3/b7-4+. The van der Waals surface area contributed by atoms with Gasteiger partial charge in [0.2, 0.25) is 0 Å². The number of thioether (sulfide) groups is 1. The maximum Gasteiger partial charge on any atom is 0.173 e. The Labute approximate surface area is 91.7 Å². The van der Waals surface area contributed by atoms with Crippen LogP contribution in [0.2, 0.25) is 0 Å². The molecule has 0 aromatic rings. The molecule has 82 valence electrons. The third-order valence-corrected chi connectivity index (χ3v) is 3.96. The molecule has 0 bridgehead atoms. The zero-order chi connectivity index (χ0) is 10.4. The molecule has 0 amide bonds. The largest absolute Gasteiger partial charge is 0.350 e. The third-order valence-electron chi connectivity index (χ3n) is 2.60. The van der Waals surface area contributed by atoms with Crippen molar-refractivity contribution in [3.05, 3.63) is 12.2 Å². The summed E-state index contributed by atoms with van der Waals surface area (Å²) >= 11 is 1.94. The lowest BCUT2D eigenvalue weighted by Crippen LogP contribution is -2.45. The molecule has 0 aromatic heterocycles. The molecule has 1 atom stereocenters. The Morgan fingerprint density at radius 1 is 1.43 bits per heavy atom. The molecule has 0 radical (unpaired) electrons. The third kappa shape index (κ3) is 2.53. The van der Waals surface area contributed by atoms with E-state index in [2.05, 4.69) is 37.8 Å². The van der Waals surface area contributed by atoms with Gasteiger partial charge in [0.05, 0.1) is 6.61 Å². The maximum absolute atomic E-state index is 5.92. The first kappa shape index (κ1) is 12.1. The fourth-order valence-electron chi connectivity index (χ4n) is 1.85. The highest BCUT2D eigenvalue weighted by Crippen LogP contribution is 2.39. The van der Waals surface area contributed by atoms with Crippen molar-refractivity contribution in [1.82, 2.24) is 4.90 Å². The monoisotopic (exact) mass is 215 g/mol. The molecule has 0 spiro atoms. The quantitative estimate of drug-likeness (QED) is 0.654. The van der Waals surface area contributed by atoms with E-state index in [-0.39, 0.29) is 5.06 Å². The van der Waals surface area contributed by atoms with Crippen molar-refractivity contribution in [1.29, 1.82) is 0 Å². The lowest BCUT2D eigenvalue weighted by molar-refractivity contribution is -0.0645. The zero-order valence-corrected chi connectivity index (χ0v) is 10.3. The Kier molecular flexibility index (Phi) is 4.99. The van der Waals surface area contributed by atoms with Gasteiger partial charge < -0.3 is 4.74 Å². The molecule has 2 nitrogen and oxygen atoms in total. The Hall–Kier alpha value is 0.0100. The van der Waals surface area contributed by atoms with Crippen molar-refractivity contribution < 1.29 is 4.74 Å². The topological polar surface area (TPSA) is 12.5 Å². The van der Waals surface area contributed by atoms with Gasteiger partial charge in [-0.05, 0) is 20.0 Å². The first-order valence-electron chi connectivity index (χ1n) is 5.43. The van der Waals surface area contributed by atoms with Gasteiger partial charge in [0.1, 0.15) is 0 Å². The van der Waals surface area contributed by atoms with Gasteiger partial charge in [-0.2, -0.15) is 0 Å². The van der Waals surface area contributed by atoms with Crippen LogP contribution in [0.3, 0.4) is 0 Å². The van der Waals surface area contributed by atoms with Crippen molar-refractivity contribution in [2.75, 3.05) is 25.4 Å². The summed E-state index contributed by atoms with van der Waals surface area (Å²) in [5.41, 5.74) is 0. The molecule has 1 heterocycles. The molecule has 1 unspecified atom stereocenters. The summed E-state index contributed by atoms with van der Waals surface area (Å²) in [4.78, 5) is 2.41. The van der Waals surface area contributed by atoms with Crippen molar-refractivity contribution >= 4 is 11.8 Å². The number of rotatable bonds is 5. The van der Waals surface area contributed by atoms with Crippen LogP contribution >= 0.6 is 11.8 Å². The molecule has 0 N–H and O–H groups in total. The van der Waals surface area contributed by atoms with E-state index in [4.69, 9.17) is 4.74 Å². The second-order valence-electron chi connectivity index (χ2n) is 3.36. The Morgan fingerprint density at radius 3 is 2.57 bits per heavy atom. The number of hydrogen-bond acceptors (Lipinski definition) is 3. The van der Waals surface area contributed by atoms with Crippen molar-refractivity contribution in [3.8, 4) is 0 Å². The molecule has 14 heavy (non-hydrogen) atoms. The molecule has 3 heteroatoms. The van der Waals surface area contributed by atoms with Crippen molar-refractivity contribution in [2.45, 2.75) is 32.2 Å². The predicted molar refractivity (Wildman–Crippen MR) is 63.5 cm³/mol. The second-order valence-corrected chi connectivity index (χ2v) is 4.69. The number of ether oxygens (including phenoxy) is 1. The van der Waals surface area contributed by atoms with E-state index in [1.54, 1.807) is 0 Å². The molecule has 0 aromatic carbocycles. The molecule has 1 aliphatic heterocycles. The zero-order valence-electron chi connectivity index (χ0n) is 9.45. The number of allylic oxidation sites excluding steroid dienone is 1. The van der Waals surface area contributed by atoms with E-state index in [1.165, 1.54) is 0 Å². The lowest BCUT2D eigenvalue weighted by Gasteiger charge is -2.37. The molecular weight excluding hydrogens is 194 g/mol. The van der Waals surface area contributed by atoms with Crippen LogP contribution in [-0.2, 0) is 4.74 Å². The van der Waals surface area contributed by atoms with Gasteiger partial charge in [-0.15, -0.1) is 11.8 Å². The average Bonchev–Trinajstić information content (AvgIpc) is 2.67. The molecule has 1 saturated heterocycles. The van der Waals surface area contributed by atoms with E-state index >= 15 is 0 Å². The normalized spacial score (nSPS) is 28.0. The summed E-state index contributed by atoms with van der Waals surface area (Å²) in [6.07, 6.45) is 5.31. The van der Waals surface area contributed by atoms with Crippen LogP contribution in [0.25, 0.3) is 0 Å². The Morgan fingerprint density at radius 2 is 2.14 bits per heavy atom. The average molecular weight is 215 g/mol. The minimum absolute atomic E-state index is 0.0734. The molecule has 1 aliphatic rings. The van der Waals surface area contributed by atoms with Gasteiger partial charge in [-0.1, -0.05) is 26.0 Å². The van der Waals surface area contributed by atoms with Crippen LogP contribution < -0.4 is 0 Å². The van der Waals surface area contributed by atoms with Gasteiger partial charge in [0.15, 0.2) is 5.06 Å². The summed E-state index contributed by atoms with van der Waals surface area (Å²) < 4.78 is 5.92. The lowest BCUT2D eigenvalue weighted by atomic mass is 10.3. The van der Waals surface area contributed by atoms with Crippen LogP contribution in [0.15, 0.2) is 12.2 Å². The predicted octanol–water partition coefficient (Wildman–Crippen LogP) is 2.71. The Bertz CT molecular complexity index is 184. The summed E-state index contributed by atoms with van der Waals surface area (Å²) in [5, 5.41) is -0.0734. The molecule has 0 saturated carbocycles. The Balaban J connectivity index is 2.68. The SMILES string of the molecule is C/C=C/CC1(N(CC)CC)OCCS1.